The van der Waals surface area contributed by atoms with Crippen molar-refractivity contribution in [2.75, 3.05) is 6.61 Å². The Kier molecular flexibility index (Phi) is 6.05. The van der Waals surface area contributed by atoms with Gasteiger partial charge in [-0.3, -0.25) is 9.78 Å². The monoisotopic (exact) mass is 499 g/mol. The number of carbonyl (C=O) groups excluding carboxylic acids is 2. The summed E-state index contributed by atoms with van der Waals surface area (Å²) in [5.74, 6) is -0.383. The molecule has 0 radical (unpaired) electrons. The summed E-state index contributed by atoms with van der Waals surface area (Å²) in [6.07, 6.45) is 2.51. The van der Waals surface area contributed by atoms with Gasteiger partial charge >= 0.3 is 5.97 Å². The zero-order valence-corrected chi connectivity index (χ0v) is 19.5. The van der Waals surface area contributed by atoms with Crippen molar-refractivity contribution >= 4 is 38.6 Å². The molecular weight excluding hydrogens is 478 g/mol. The van der Waals surface area contributed by atoms with Gasteiger partial charge in [0.2, 0.25) is 0 Å². The number of aromatic nitrogens is 1. The van der Waals surface area contributed by atoms with Gasteiger partial charge in [-0.15, -0.1) is 0 Å². The maximum Gasteiger partial charge on any atom is 0.339 e. The highest BCUT2D eigenvalue weighted by Crippen LogP contribution is 2.36. The summed E-state index contributed by atoms with van der Waals surface area (Å²) < 4.78 is 6.45. The van der Waals surface area contributed by atoms with Crippen LogP contribution < -0.4 is 0 Å². The molecule has 3 aromatic carbocycles. The molecule has 33 heavy (non-hydrogen) atoms. The molecule has 1 atom stereocenters. The molecule has 0 bridgehead atoms. The van der Waals surface area contributed by atoms with Gasteiger partial charge in [-0.05, 0) is 54.5 Å². The second kappa shape index (κ2) is 9.28. The first-order valence-corrected chi connectivity index (χ1v) is 11.8. The average Bonchev–Trinajstić information content (AvgIpc) is 2.86. The van der Waals surface area contributed by atoms with Crippen LogP contribution in [0.4, 0.5) is 0 Å². The van der Waals surface area contributed by atoms with Crippen molar-refractivity contribution in [3.8, 4) is 0 Å². The van der Waals surface area contributed by atoms with Crippen molar-refractivity contribution < 1.29 is 14.3 Å². The van der Waals surface area contributed by atoms with E-state index in [0.717, 1.165) is 45.9 Å². The summed E-state index contributed by atoms with van der Waals surface area (Å²) in [6.45, 7) is -0.298. The number of benzene rings is 3. The zero-order valence-electron chi connectivity index (χ0n) is 18.0. The summed E-state index contributed by atoms with van der Waals surface area (Å²) in [4.78, 5) is 30.8. The molecule has 0 N–H and O–H groups in total. The van der Waals surface area contributed by atoms with Crippen molar-refractivity contribution in [1.29, 1.82) is 0 Å². The Bertz CT molecular complexity index is 1330. The van der Waals surface area contributed by atoms with Crippen molar-refractivity contribution in [2.24, 2.45) is 0 Å². The highest BCUT2D eigenvalue weighted by atomic mass is 79.9. The molecule has 164 valence electrons. The average molecular weight is 500 g/mol. The van der Waals surface area contributed by atoms with Gasteiger partial charge in [0, 0.05) is 21.1 Å². The summed E-state index contributed by atoms with van der Waals surface area (Å²) in [6, 6.07) is 25.1. The van der Waals surface area contributed by atoms with Gasteiger partial charge in [-0.2, -0.15) is 0 Å². The Hall–Kier alpha value is -3.31. The largest absolute Gasteiger partial charge is 0.454 e. The quantitative estimate of drug-likeness (QED) is 0.238. The SMILES string of the molecule is O=C(COC(=O)c1c2c(nc3ccccc13)CC[C@H](c1ccccc1)C2)c1ccc(Br)cc1. The molecule has 0 fully saturated rings. The van der Waals surface area contributed by atoms with Crippen LogP contribution in [0, 0.1) is 0 Å². The number of pyridine rings is 1. The van der Waals surface area contributed by atoms with Crippen LogP contribution in [0.2, 0.25) is 0 Å². The van der Waals surface area contributed by atoms with E-state index in [1.165, 1.54) is 5.56 Å². The first kappa shape index (κ1) is 21.5. The van der Waals surface area contributed by atoms with Crippen LogP contribution in [0.15, 0.2) is 83.3 Å². The molecule has 1 heterocycles. The molecule has 5 heteroatoms. The fraction of sp³-hybridized carbons (Fsp3) is 0.179. The van der Waals surface area contributed by atoms with Crippen LogP contribution >= 0.6 is 15.9 Å². The normalized spacial score (nSPS) is 15.1. The molecule has 1 aliphatic rings. The van der Waals surface area contributed by atoms with Crippen molar-refractivity contribution in [3.63, 3.8) is 0 Å². The molecule has 4 aromatic rings. The van der Waals surface area contributed by atoms with Crippen molar-refractivity contribution in [3.05, 3.63) is 111 Å². The van der Waals surface area contributed by atoms with E-state index in [1.807, 2.05) is 42.5 Å². The van der Waals surface area contributed by atoms with Gasteiger partial charge in [-0.25, -0.2) is 4.79 Å². The molecule has 0 amide bonds. The van der Waals surface area contributed by atoms with Gasteiger partial charge in [-0.1, -0.05) is 76.6 Å². The Morgan fingerprint density at radius 1 is 0.939 bits per heavy atom. The number of esters is 1. The predicted octanol–water partition coefficient (Wildman–Crippen LogP) is 6.31. The third-order valence-electron chi connectivity index (χ3n) is 6.23. The minimum Gasteiger partial charge on any atom is -0.454 e. The van der Waals surface area contributed by atoms with E-state index in [0.29, 0.717) is 17.0 Å². The molecule has 0 unspecified atom stereocenters. The number of Topliss-reactive ketones (excluding diaryl/α,β-unsaturated/α-hetero) is 1. The molecule has 1 aromatic heterocycles. The standard InChI is InChI=1S/C28H22BrNO3/c29-21-13-10-19(11-14-21)26(31)17-33-28(32)27-22-8-4-5-9-24(22)30-25-15-12-20(16-23(25)27)18-6-2-1-3-7-18/h1-11,13-14,20H,12,15-17H2/t20-/m0/s1. The highest BCUT2D eigenvalue weighted by molar-refractivity contribution is 9.10. The van der Waals surface area contributed by atoms with Gasteiger partial charge in [0.15, 0.2) is 12.4 Å². The molecule has 0 saturated heterocycles. The summed E-state index contributed by atoms with van der Waals surface area (Å²) >= 11 is 3.36. The van der Waals surface area contributed by atoms with Crippen LogP contribution in [0.3, 0.4) is 0 Å². The summed E-state index contributed by atoms with van der Waals surface area (Å²) in [7, 11) is 0. The van der Waals surface area contributed by atoms with Gasteiger partial charge in [0.1, 0.15) is 0 Å². The van der Waals surface area contributed by atoms with E-state index < -0.39 is 5.97 Å². The second-order valence-electron chi connectivity index (χ2n) is 8.29. The molecule has 1 aliphatic carbocycles. The van der Waals surface area contributed by atoms with E-state index in [1.54, 1.807) is 24.3 Å². The number of ether oxygens (including phenoxy) is 1. The third-order valence-corrected chi connectivity index (χ3v) is 6.76. The Balaban J connectivity index is 1.47. The maximum atomic E-state index is 13.4. The van der Waals surface area contributed by atoms with Crippen LogP contribution in [-0.2, 0) is 17.6 Å². The number of fused-ring (bicyclic) bond motifs is 2. The minimum absolute atomic E-state index is 0.231. The van der Waals surface area contributed by atoms with Crippen molar-refractivity contribution in [2.45, 2.75) is 25.2 Å². The minimum atomic E-state index is -0.468. The molecule has 4 nitrogen and oxygen atoms in total. The van der Waals surface area contributed by atoms with E-state index in [4.69, 9.17) is 9.72 Å². The first-order valence-electron chi connectivity index (χ1n) is 11.0. The van der Waals surface area contributed by atoms with Crippen LogP contribution in [-0.4, -0.2) is 23.3 Å². The first-order chi connectivity index (χ1) is 16.1. The number of ketones is 1. The smallest absolute Gasteiger partial charge is 0.339 e. The molecule has 0 aliphatic heterocycles. The van der Waals surface area contributed by atoms with E-state index in [9.17, 15) is 9.59 Å². The molecule has 5 rings (SSSR count). The number of hydrogen-bond donors (Lipinski definition) is 0. The lowest BCUT2D eigenvalue weighted by molar-refractivity contribution is 0.0475. The zero-order chi connectivity index (χ0) is 22.8. The van der Waals surface area contributed by atoms with Crippen LogP contribution in [0.1, 0.15) is 49.9 Å². The highest BCUT2D eigenvalue weighted by Gasteiger charge is 2.28. The topological polar surface area (TPSA) is 56.3 Å². The number of carbonyl (C=O) groups is 2. The van der Waals surface area contributed by atoms with Crippen molar-refractivity contribution in [1.82, 2.24) is 4.98 Å². The number of halogens is 1. The summed E-state index contributed by atoms with van der Waals surface area (Å²) in [5, 5.41) is 0.769. The van der Waals surface area contributed by atoms with Crippen LogP contribution in [0.25, 0.3) is 10.9 Å². The van der Waals surface area contributed by atoms with Gasteiger partial charge < -0.3 is 4.74 Å². The number of nitrogens with zero attached hydrogens (tertiary/aromatic N) is 1. The number of hydrogen-bond acceptors (Lipinski definition) is 4. The molecule has 0 spiro atoms. The maximum absolute atomic E-state index is 13.4. The Morgan fingerprint density at radius 3 is 2.45 bits per heavy atom. The number of aryl methyl sites for hydroxylation is 1. The number of rotatable bonds is 5. The predicted molar refractivity (Wildman–Crippen MR) is 132 cm³/mol. The number of para-hydroxylation sites is 1. The lowest BCUT2D eigenvalue weighted by Crippen LogP contribution is -2.21. The third kappa shape index (κ3) is 4.46. The van der Waals surface area contributed by atoms with Gasteiger partial charge in [0.05, 0.1) is 11.1 Å². The lowest BCUT2D eigenvalue weighted by Gasteiger charge is -2.26. The molecular formula is C28H22BrNO3. The fourth-order valence-electron chi connectivity index (χ4n) is 4.55. The fourth-order valence-corrected chi connectivity index (χ4v) is 4.82. The lowest BCUT2D eigenvalue weighted by atomic mass is 9.80. The van der Waals surface area contributed by atoms with Crippen LogP contribution in [0.5, 0.6) is 0 Å². The van der Waals surface area contributed by atoms with E-state index in [-0.39, 0.29) is 12.4 Å². The molecule has 0 saturated carbocycles. The second-order valence-corrected chi connectivity index (χ2v) is 9.20. The van der Waals surface area contributed by atoms with Gasteiger partial charge in [0.25, 0.3) is 0 Å². The van der Waals surface area contributed by atoms with E-state index in [2.05, 4.69) is 28.1 Å². The Morgan fingerprint density at radius 2 is 1.67 bits per heavy atom. The van der Waals surface area contributed by atoms with E-state index >= 15 is 0 Å². The summed E-state index contributed by atoms with van der Waals surface area (Å²) in [5.41, 5.74) is 4.99. The Labute approximate surface area is 200 Å².